The largest absolute Gasteiger partial charge is 0.319 e. The fourth-order valence-electron chi connectivity index (χ4n) is 2.31. The lowest BCUT2D eigenvalue weighted by Gasteiger charge is -2.24. The van der Waals surface area contributed by atoms with Crippen molar-refractivity contribution in [2.45, 2.75) is 32.0 Å². The fraction of sp³-hybridized carbons (Fsp3) is 0.462. The number of carbonyl (C=O) groups is 1. The van der Waals surface area contributed by atoms with Gasteiger partial charge in [-0.2, -0.15) is 0 Å². The van der Waals surface area contributed by atoms with E-state index in [2.05, 4.69) is 36.5 Å². The number of carbonyl (C=O) groups excluding carboxylic acids is 1. The van der Waals surface area contributed by atoms with Gasteiger partial charge in [-0.1, -0.05) is 29.8 Å². The lowest BCUT2D eigenvalue weighted by Crippen LogP contribution is -2.32. The van der Waals surface area contributed by atoms with Crippen LogP contribution in [0.15, 0.2) is 24.3 Å². The highest BCUT2D eigenvalue weighted by Gasteiger charge is 2.41. The first-order valence-corrected chi connectivity index (χ1v) is 5.87. The molecule has 3 rings (SSSR count). The molecule has 1 aromatic rings. The molecule has 0 spiro atoms. The van der Waals surface area contributed by atoms with Crippen molar-refractivity contribution in [2.75, 3.05) is 6.54 Å². The number of amides is 1. The molecule has 1 unspecified atom stereocenters. The summed E-state index contributed by atoms with van der Waals surface area (Å²) in [5, 5.41) is 3.29. The Hall–Kier alpha value is -1.35. The zero-order chi connectivity index (χ0) is 11.1. The molecule has 1 N–H and O–H groups in total. The van der Waals surface area contributed by atoms with E-state index in [4.69, 9.17) is 0 Å². The van der Waals surface area contributed by atoms with Crippen LogP contribution in [0.1, 0.15) is 30.1 Å². The Morgan fingerprint density at radius 1 is 1.25 bits per heavy atom. The Morgan fingerprint density at radius 3 is 2.56 bits per heavy atom. The molecule has 1 heterocycles. The van der Waals surface area contributed by atoms with Crippen LogP contribution in [0, 0.1) is 6.92 Å². The quantitative estimate of drug-likeness (QED) is 0.814. The molecular weight excluding hydrogens is 200 g/mol. The summed E-state index contributed by atoms with van der Waals surface area (Å²) in [6.07, 6.45) is 2.42. The van der Waals surface area contributed by atoms with E-state index in [1.54, 1.807) is 0 Å². The summed E-state index contributed by atoms with van der Waals surface area (Å²) in [5.41, 5.74) is 2.45. The van der Waals surface area contributed by atoms with Gasteiger partial charge >= 0.3 is 0 Å². The van der Waals surface area contributed by atoms with Crippen LogP contribution in [0.3, 0.4) is 0 Å². The summed E-state index contributed by atoms with van der Waals surface area (Å²) < 4.78 is 0. The molecule has 1 saturated carbocycles. The zero-order valence-corrected chi connectivity index (χ0v) is 9.44. The van der Waals surface area contributed by atoms with Gasteiger partial charge in [-0.05, 0) is 25.3 Å². The van der Waals surface area contributed by atoms with Crippen LogP contribution < -0.4 is 5.32 Å². The lowest BCUT2D eigenvalue weighted by atomic mass is 10.1. The van der Waals surface area contributed by atoms with Gasteiger partial charge in [0.2, 0.25) is 5.91 Å². The molecule has 16 heavy (non-hydrogen) atoms. The molecule has 1 saturated heterocycles. The first-order chi connectivity index (χ1) is 7.75. The summed E-state index contributed by atoms with van der Waals surface area (Å²) in [4.78, 5) is 13.8. The average Bonchev–Trinajstić information content (AvgIpc) is 3.04. The Morgan fingerprint density at radius 2 is 1.94 bits per heavy atom. The maximum atomic E-state index is 11.8. The first-order valence-electron chi connectivity index (χ1n) is 5.87. The Kier molecular flexibility index (Phi) is 2.21. The standard InChI is InChI=1S/C13H16N2O/c1-9-2-4-10(5-3-9)13-14-8-12(16)15(13)11-6-7-11/h2-5,11,13-14H,6-8H2,1H3. The maximum absolute atomic E-state index is 11.8. The number of nitrogens with one attached hydrogen (secondary N) is 1. The third-order valence-corrected chi connectivity index (χ3v) is 3.35. The minimum Gasteiger partial charge on any atom is -0.319 e. The lowest BCUT2D eigenvalue weighted by molar-refractivity contribution is -0.128. The Balaban J connectivity index is 1.88. The average molecular weight is 216 g/mol. The van der Waals surface area contributed by atoms with E-state index in [0.717, 1.165) is 12.8 Å². The highest BCUT2D eigenvalue weighted by molar-refractivity contribution is 5.81. The summed E-state index contributed by atoms with van der Waals surface area (Å²) in [6, 6.07) is 8.91. The molecule has 2 aliphatic rings. The molecule has 0 radical (unpaired) electrons. The monoisotopic (exact) mass is 216 g/mol. The Bertz CT molecular complexity index is 408. The fourth-order valence-corrected chi connectivity index (χ4v) is 2.31. The van der Waals surface area contributed by atoms with Crippen molar-refractivity contribution in [1.82, 2.24) is 10.2 Å². The number of aryl methyl sites for hydroxylation is 1. The minimum atomic E-state index is 0.0978. The molecule has 1 aliphatic carbocycles. The molecule has 84 valence electrons. The van der Waals surface area contributed by atoms with Crippen molar-refractivity contribution in [3.63, 3.8) is 0 Å². The SMILES string of the molecule is Cc1ccc(C2NCC(=O)N2C2CC2)cc1. The second-order valence-corrected chi connectivity index (χ2v) is 4.73. The van der Waals surface area contributed by atoms with Gasteiger partial charge in [0.1, 0.15) is 6.17 Å². The maximum Gasteiger partial charge on any atom is 0.238 e. The van der Waals surface area contributed by atoms with Gasteiger partial charge in [0.15, 0.2) is 0 Å². The molecule has 3 nitrogen and oxygen atoms in total. The van der Waals surface area contributed by atoms with E-state index < -0.39 is 0 Å². The van der Waals surface area contributed by atoms with Crippen molar-refractivity contribution < 1.29 is 4.79 Å². The van der Waals surface area contributed by atoms with E-state index >= 15 is 0 Å². The summed E-state index contributed by atoms with van der Waals surface area (Å²) >= 11 is 0. The molecule has 3 heteroatoms. The van der Waals surface area contributed by atoms with Gasteiger partial charge < -0.3 is 4.90 Å². The van der Waals surface area contributed by atoms with Crippen molar-refractivity contribution in [3.8, 4) is 0 Å². The molecule has 1 amide bonds. The second kappa shape index (κ2) is 3.59. The van der Waals surface area contributed by atoms with Crippen molar-refractivity contribution in [2.24, 2.45) is 0 Å². The van der Waals surface area contributed by atoms with Crippen LogP contribution in [0.2, 0.25) is 0 Å². The number of rotatable bonds is 2. The van der Waals surface area contributed by atoms with E-state index in [9.17, 15) is 4.79 Å². The highest BCUT2D eigenvalue weighted by atomic mass is 16.2. The van der Waals surface area contributed by atoms with Crippen molar-refractivity contribution in [3.05, 3.63) is 35.4 Å². The third-order valence-electron chi connectivity index (χ3n) is 3.35. The van der Waals surface area contributed by atoms with Gasteiger partial charge in [-0.25, -0.2) is 0 Å². The molecule has 1 aliphatic heterocycles. The van der Waals surface area contributed by atoms with Gasteiger partial charge in [-0.15, -0.1) is 0 Å². The first kappa shape index (κ1) is 9.85. The normalized spacial score (nSPS) is 25.2. The van der Waals surface area contributed by atoms with Gasteiger partial charge in [0, 0.05) is 6.04 Å². The molecule has 0 aromatic heterocycles. The number of nitrogens with zero attached hydrogens (tertiary/aromatic N) is 1. The predicted molar refractivity (Wildman–Crippen MR) is 61.8 cm³/mol. The summed E-state index contributed by atoms with van der Waals surface area (Å²) in [6.45, 7) is 2.56. The number of benzene rings is 1. The van der Waals surface area contributed by atoms with Crippen LogP contribution in [0.25, 0.3) is 0 Å². The smallest absolute Gasteiger partial charge is 0.238 e. The van der Waals surface area contributed by atoms with E-state index in [1.807, 2.05) is 4.90 Å². The van der Waals surface area contributed by atoms with E-state index in [1.165, 1.54) is 11.1 Å². The molecular formula is C13H16N2O. The topological polar surface area (TPSA) is 32.3 Å². The second-order valence-electron chi connectivity index (χ2n) is 4.73. The highest BCUT2D eigenvalue weighted by Crippen LogP contribution is 2.35. The van der Waals surface area contributed by atoms with Crippen LogP contribution in [-0.4, -0.2) is 23.4 Å². The summed E-state index contributed by atoms with van der Waals surface area (Å²) in [7, 11) is 0. The van der Waals surface area contributed by atoms with Gasteiger partial charge in [0.05, 0.1) is 6.54 Å². The minimum absolute atomic E-state index is 0.0978. The zero-order valence-electron chi connectivity index (χ0n) is 9.44. The molecule has 1 aromatic carbocycles. The van der Waals surface area contributed by atoms with Crippen LogP contribution in [0.5, 0.6) is 0 Å². The van der Waals surface area contributed by atoms with E-state index in [-0.39, 0.29) is 12.1 Å². The molecule has 1 atom stereocenters. The van der Waals surface area contributed by atoms with Crippen LogP contribution in [-0.2, 0) is 4.79 Å². The summed E-state index contributed by atoms with van der Waals surface area (Å²) in [5.74, 6) is 0.244. The van der Waals surface area contributed by atoms with Crippen LogP contribution in [0.4, 0.5) is 0 Å². The Labute approximate surface area is 95.4 Å². The predicted octanol–water partition coefficient (Wildman–Crippen LogP) is 1.59. The van der Waals surface area contributed by atoms with Crippen molar-refractivity contribution in [1.29, 1.82) is 0 Å². The third kappa shape index (κ3) is 1.61. The number of hydrogen-bond donors (Lipinski definition) is 1. The van der Waals surface area contributed by atoms with Crippen LogP contribution >= 0.6 is 0 Å². The van der Waals surface area contributed by atoms with Gasteiger partial charge in [-0.3, -0.25) is 10.1 Å². The molecule has 0 bridgehead atoms. The number of hydrogen-bond acceptors (Lipinski definition) is 2. The van der Waals surface area contributed by atoms with E-state index in [0.29, 0.717) is 12.6 Å². The molecule has 2 fully saturated rings. The van der Waals surface area contributed by atoms with Gasteiger partial charge in [0.25, 0.3) is 0 Å². The van der Waals surface area contributed by atoms with Crippen molar-refractivity contribution >= 4 is 5.91 Å².